The van der Waals surface area contributed by atoms with E-state index in [0.29, 0.717) is 5.69 Å². The third kappa shape index (κ3) is 3.74. The molecule has 7 heteroatoms. The predicted molar refractivity (Wildman–Crippen MR) is 137 cm³/mol. The van der Waals surface area contributed by atoms with Gasteiger partial charge in [0.1, 0.15) is 5.82 Å². The molecule has 3 aromatic heterocycles. The number of aryl methyl sites for hydroxylation is 1. The molecule has 0 fully saturated rings. The van der Waals surface area contributed by atoms with Crippen LogP contribution in [0.25, 0.3) is 22.4 Å². The number of nitrogens with zero attached hydrogens (tertiary/aromatic N) is 4. The lowest BCUT2D eigenvalue weighted by molar-refractivity contribution is 0.103. The molecule has 0 aliphatic carbocycles. The average Bonchev–Trinajstić information content (AvgIpc) is 3.46. The van der Waals surface area contributed by atoms with Gasteiger partial charge < -0.3 is 14.8 Å². The summed E-state index contributed by atoms with van der Waals surface area (Å²) in [5.74, 6) is 0.883. The van der Waals surface area contributed by atoms with Crippen LogP contribution in [0.4, 0.5) is 11.4 Å². The van der Waals surface area contributed by atoms with Crippen LogP contribution in [0.1, 0.15) is 20.1 Å². The maximum Gasteiger partial charge on any atom is 0.265 e. The summed E-state index contributed by atoms with van der Waals surface area (Å²) in [4.78, 5) is 26.1. The number of imidazole rings is 1. The van der Waals surface area contributed by atoms with Crippen molar-refractivity contribution in [2.24, 2.45) is 7.05 Å². The van der Waals surface area contributed by atoms with E-state index in [9.17, 15) is 4.79 Å². The van der Waals surface area contributed by atoms with Gasteiger partial charge in [0.15, 0.2) is 0 Å². The number of nitrogens with one attached hydrogen (secondary N) is 1. The summed E-state index contributed by atoms with van der Waals surface area (Å²) < 4.78 is 2.15. The fourth-order valence-electron chi connectivity index (χ4n) is 4.54. The van der Waals surface area contributed by atoms with Crippen molar-refractivity contribution < 1.29 is 4.79 Å². The first-order chi connectivity index (χ1) is 16.7. The van der Waals surface area contributed by atoms with E-state index in [1.807, 2.05) is 36.4 Å². The monoisotopic (exact) mass is 465 g/mol. The van der Waals surface area contributed by atoms with Crippen molar-refractivity contribution >= 4 is 39.7 Å². The predicted octanol–water partition coefficient (Wildman–Crippen LogP) is 5.51. The van der Waals surface area contributed by atoms with Crippen LogP contribution in [-0.2, 0) is 20.0 Å². The number of amides is 1. The Labute approximate surface area is 201 Å². The van der Waals surface area contributed by atoms with Gasteiger partial charge in [-0.05, 0) is 54.4 Å². The first-order valence-corrected chi connectivity index (χ1v) is 12.1. The number of rotatable bonds is 4. The number of aromatic nitrogens is 3. The highest BCUT2D eigenvalue weighted by molar-refractivity contribution is 7.14. The number of thiophene rings is 1. The van der Waals surface area contributed by atoms with E-state index in [2.05, 4.69) is 57.1 Å². The molecule has 1 N–H and O–H groups in total. The Bertz CT molecular complexity index is 1500. The summed E-state index contributed by atoms with van der Waals surface area (Å²) in [6.45, 7) is 1.71. The Morgan fingerprint density at radius 2 is 1.97 bits per heavy atom. The topological polar surface area (TPSA) is 63.1 Å². The molecule has 4 heterocycles. The number of fused-ring (bicyclic) bond motifs is 2. The summed E-state index contributed by atoms with van der Waals surface area (Å²) >= 11 is 1.59. The van der Waals surface area contributed by atoms with Crippen LogP contribution >= 0.6 is 11.3 Å². The smallest absolute Gasteiger partial charge is 0.265 e. The van der Waals surface area contributed by atoms with Crippen molar-refractivity contribution in [3.8, 4) is 11.4 Å². The van der Waals surface area contributed by atoms with E-state index in [1.54, 1.807) is 23.7 Å². The lowest BCUT2D eigenvalue weighted by Crippen LogP contribution is -2.29. The van der Waals surface area contributed by atoms with E-state index in [-0.39, 0.29) is 5.91 Å². The number of benzene rings is 2. The molecule has 0 radical (unpaired) electrons. The first-order valence-electron chi connectivity index (χ1n) is 11.3. The SMILES string of the molecule is Cn1c(-c2cccc(N3CCc4sc(C(=O)Nc5cccnc5)cc4C3)c2)nc2ccccc21. The molecule has 6 nitrogen and oxygen atoms in total. The van der Waals surface area contributed by atoms with Gasteiger partial charge in [-0.2, -0.15) is 0 Å². The normalized spacial score (nSPS) is 13.1. The average molecular weight is 466 g/mol. The molecule has 168 valence electrons. The van der Waals surface area contributed by atoms with Crippen molar-refractivity contribution in [3.63, 3.8) is 0 Å². The summed E-state index contributed by atoms with van der Waals surface area (Å²) in [6.07, 6.45) is 4.28. The lowest BCUT2D eigenvalue weighted by atomic mass is 10.1. The second kappa shape index (κ2) is 8.43. The fourth-order valence-corrected chi connectivity index (χ4v) is 5.60. The van der Waals surface area contributed by atoms with Crippen LogP contribution in [-0.4, -0.2) is 27.0 Å². The zero-order valence-electron chi connectivity index (χ0n) is 18.7. The van der Waals surface area contributed by atoms with E-state index in [1.165, 1.54) is 16.1 Å². The highest BCUT2D eigenvalue weighted by atomic mass is 32.1. The molecular weight excluding hydrogens is 442 g/mol. The Kier molecular flexibility index (Phi) is 5.11. The summed E-state index contributed by atoms with van der Waals surface area (Å²) in [5.41, 5.74) is 6.33. The number of pyridine rings is 1. The minimum absolute atomic E-state index is 0.0807. The zero-order valence-corrected chi connectivity index (χ0v) is 19.5. The highest BCUT2D eigenvalue weighted by Crippen LogP contribution is 2.33. The van der Waals surface area contributed by atoms with Crippen LogP contribution in [0.2, 0.25) is 0 Å². The summed E-state index contributed by atoms with van der Waals surface area (Å²) in [5, 5.41) is 2.94. The van der Waals surface area contributed by atoms with E-state index >= 15 is 0 Å². The Balaban J connectivity index is 1.24. The molecular formula is C27H23N5OS. The standard InChI is InChI=1S/C27H23N5OS/c1-31-23-10-3-2-9-22(23)30-26(31)18-6-4-8-21(14-18)32-13-11-24-19(17-32)15-25(34-24)27(33)29-20-7-5-12-28-16-20/h2-10,12,14-16H,11,13,17H2,1H3,(H,29,33). The molecule has 0 unspecified atom stereocenters. The summed E-state index contributed by atoms with van der Waals surface area (Å²) in [7, 11) is 2.06. The first kappa shape index (κ1) is 20.6. The minimum atomic E-state index is -0.0807. The van der Waals surface area contributed by atoms with Crippen LogP contribution in [0.5, 0.6) is 0 Å². The van der Waals surface area contributed by atoms with Gasteiger partial charge in [0.05, 0.1) is 27.8 Å². The second-order valence-electron chi connectivity index (χ2n) is 8.46. The molecule has 0 spiro atoms. The Hall–Kier alpha value is -3.97. The van der Waals surface area contributed by atoms with Crippen LogP contribution < -0.4 is 10.2 Å². The molecule has 0 saturated heterocycles. The maximum atomic E-state index is 12.7. The molecule has 1 amide bonds. The maximum absolute atomic E-state index is 12.7. The molecule has 0 saturated carbocycles. The van der Waals surface area contributed by atoms with Gasteiger partial charge in [0, 0.05) is 42.5 Å². The van der Waals surface area contributed by atoms with Crippen LogP contribution in [0.3, 0.4) is 0 Å². The minimum Gasteiger partial charge on any atom is -0.367 e. The second-order valence-corrected chi connectivity index (χ2v) is 9.60. The van der Waals surface area contributed by atoms with Crippen molar-refractivity contribution in [3.05, 3.63) is 94.4 Å². The van der Waals surface area contributed by atoms with Gasteiger partial charge in [0.25, 0.3) is 5.91 Å². The largest absolute Gasteiger partial charge is 0.367 e. The third-order valence-corrected chi connectivity index (χ3v) is 7.50. The molecule has 34 heavy (non-hydrogen) atoms. The molecule has 0 bridgehead atoms. The molecule has 5 aromatic rings. The van der Waals surface area contributed by atoms with Gasteiger partial charge >= 0.3 is 0 Å². The van der Waals surface area contributed by atoms with E-state index < -0.39 is 0 Å². The molecule has 0 atom stereocenters. The quantitative estimate of drug-likeness (QED) is 0.380. The number of hydrogen-bond acceptors (Lipinski definition) is 5. The van der Waals surface area contributed by atoms with Gasteiger partial charge in [-0.1, -0.05) is 24.3 Å². The van der Waals surface area contributed by atoms with Gasteiger partial charge in [-0.3, -0.25) is 9.78 Å². The van der Waals surface area contributed by atoms with Crippen LogP contribution in [0, 0.1) is 0 Å². The van der Waals surface area contributed by atoms with E-state index in [0.717, 1.165) is 46.8 Å². The van der Waals surface area contributed by atoms with E-state index in [4.69, 9.17) is 4.98 Å². The number of anilines is 2. The fraction of sp³-hybridized carbons (Fsp3) is 0.148. The Morgan fingerprint density at radius 3 is 2.82 bits per heavy atom. The number of para-hydroxylation sites is 2. The molecule has 2 aromatic carbocycles. The lowest BCUT2D eigenvalue weighted by Gasteiger charge is -2.29. The van der Waals surface area contributed by atoms with Gasteiger partial charge in [-0.15, -0.1) is 11.3 Å². The Morgan fingerprint density at radius 1 is 1.06 bits per heavy atom. The van der Waals surface area contributed by atoms with Gasteiger partial charge in [0.2, 0.25) is 0 Å². The number of hydrogen-bond donors (Lipinski definition) is 1. The third-order valence-electron chi connectivity index (χ3n) is 6.27. The van der Waals surface area contributed by atoms with Gasteiger partial charge in [-0.25, -0.2) is 4.98 Å². The number of carbonyl (C=O) groups excluding carboxylic acids is 1. The highest BCUT2D eigenvalue weighted by Gasteiger charge is 2.22. The molecule has 6 rings (SSSR count). The zero-order chi connectivity index (χ0) is 23.1. The van der Waals surface area contributed by atoms with Crippen molar-refractivity contribution in [1.82, 2.24) is 14.5 Å². The summed E-state index contributed by atoms with van der Waals surface area (Å²) in [6, 6.07) is 22.5. The molecule has 1 aliphatic rings. The number of carbonyl (C=O) groups is 1. The van der Waals surface area contributed by atoms with Crippen molar-refractivity contribution in [2.45, 2.75) is 13.0 Å². The van der Waals surface area contributed by atoms with Crippen molar-refractivity contribution in [1.29, 1.82) is 0 Å². The molecule has 1 aliphatic heterocycles. The van der Waals surface area contributed by atoms with Crippen LogP contribution in [0.15, 0.2) is 79.1 Å². The van der Waals surface area contributed by atoms with Crippen molar-refractivity contribution in [2.75, 3.05) is 16.8 Å².